The highest BCUT2D eigenvalue weighted by molar-refractivity contribution is 5.80. The molecule has 11 heteroatoms. The van der Waals surface area contributed by atoms with Crippen LogP contribution in [0.1, 0.15) is 18.9 Å². The Morgan fingerprint density at radius 3 is 2.74 bits per heavy atom. The number of aliphatic imine (C=N–C) groups is 1. The number of hydrogen-bond acceptors (Lipinski definition) is 5. The van der Waals surface area contributed by atoms with E-state index in [-0.39, 0.29) is 30.8 Å². The Bertz CT molecular complexity index is 888. The molecule has 0 radical (unpaired) electrons. The van der Waals surface area contributed by atoms with Crippen molar-refractivity contribution in [2.24, 2.45) is 4.99 Å². The number of aromatic nitrogens is 2. The first-order valence-electron chi connectivity index (χ1n) is 10.0. The van der Waals surface area contributed by atoms with Crippen molar-refractivity contribution in [1.29, 1.82) is 0 Å². The van der Waals surface area contributed by atoms with Crippen molar-refractivity contribution in [2.45, 2.75) is 25.6 Å². The highest BCUT2D eigenvalue weighted by atomic mass is 19.4. The Morgan fingerprint density at radius 1 is 1.23 bits per heavy atom. The number of rotatable bonds is 7. The van der Waals surface area contributed by atoms with Crippen LogP contribution in [-0.4, -0.2) is 54.7 Å². The summed E-state index contributed by atoms with van der Waals surface area (Å²) in [5.41, 5.74) is -0.809. The molecule has 0 amide bonds. The molecule has 0 saturated carbocycles. The predicted molar refractivity (Wildman–Crippen MR) is 112 cm³/mol. The molecule has 31 heavy (non-hydrogen) atoms. The highest BCUT2D eigenvalue weighted by Gasteiger charge is 2.34. The summed E-state index contributed by atoms with van der Waals surface area (Å²) in [5, 5.41) is 9.10. The molecular weight excluding hydrogens is 414 g/mol. The Morgan fingerprint density at radius 2 is 2.00 bits per heavy atom. The minimum Gasteiger partial charge on any atom is -0.368 e. The van der Waals surface area contributed by atoms with Gasteiger partial charge in [0.1, 0.15) is 5.82 Å². The number of pyridine rings is 2. The molecule has 3 N–H and O–H groups in total. The Kier molecular flexibility index (Phi) is 7.48. The van der Waals surface area contributed by atoms with E-state index in [1.165, 1.54) is 18.3 Å². The summed E-state index contributed by atoms with van der Waals surface area (Å²) in [6, 6.07) is 5.21. The summed E-state index contributed by atoms with van der Waals surface area (Å²) in [7, 11) is 0. The maximum Gasteiger partial charge on any atom is 0.419 e. The van der Waals surface area contributed by atoms with E-state index in [0.717, 1.165) is 12.5 Å². The van der Waals surface area contributed by atoms with E-state index < -0.39 is 11.7 Å². The normalized spacial score (nSPS) is 17.0. The van der Waals surface area contributed by atoms with Crippen molar-refractivity contribution in [3.8, 4) is 0 Å². The first kappa shape index (κ1) is 22.6. The van der Waals surface area contributed by atoms with Crippen LogP contribution in [0, 0.1) is 5.82 Å². The Hall–Kier alpha value is -3.11. The van der Waals surface area contributed by atoms with Gasteiger partial charge in [0.15, 0.2) is 17.6 Å². The van der Waals surface area contributed by atoms with E-state index in [1.54, 1.807) is 12.3 Å². The third kappa shape index (κ3) is 6.19. The van der Waals surface area contributed by atoms with Crippen LogP contribution < -0.4 is 20.9 Å². The van der Waals surface area contributed by atoms with Gasteiger partial charge in [-0.3, -0.25) is 4.99 Å². The number of nitrogens with one attached hydrogen (secondary N) is 3. The lowest BCUT2D eigenvalue weighted by atomic mass is 10.2. The number of nitrogens with zero attached hydrogens (tertiary/aromatic N) is 4. The van der Waals surface area contributed by atoms with Crippen LogP contribution in [-0.2, 0) is 6.18 Å². The van der Waals surface area contributed by atoms with E-state index in [0.29, 0.717) is 31.4 Å². The maximum absolute atomic E-state index is 14.0. The van der Waals surface area contributed by atoms with Gasteiger partial charge >= 0.3 is 6.18 Å². The summed E-state index contributed by atoms with van der Waals surface area (Å²) in [6.45, 7) is 4.21. The average molecular weight is 439 g/mol. The van der Waals surface area contributed by atoms with Crippen LogP contribution >= 0.6 is 0 Å². The molecule has 2 aromatic rings. The summed E-state index contributed by atoms with van der Waals surface area (Å²) in [6.07, 6.45) is -0.828. The molecule has 0 spiro atoms. The van der Waals surface area contributed by atoms with Gasteiger partial charge in [0.25, 0.3) is 0 Å². The van der Waals surface area contributed by atoms with E-state index in [9.17, 15) is 17.6 Å². The van der Waals surface area contributed by atoms with E-state index in [4.69, 9.17) is 0 Å². The Balaban J connectivity index is 1.54. The van der Waals surface area contributed by atoms with Gasteiger partial charge in [-0.15, -0.1) is 0 Å². The minimum atomic E-state index is -4.47. The van der Waals surface area contributed by atoms with Crippen molar-refractivity contribution in [1.82, 2.24) is 20.6 Å². The lowest BCUT2D eigenvalue weighted by Gasteiger charge is -2.20. The summed E-state index contributed by atoms with van der Waals surface area (Å²) >= 11 is 0. The number of alkyl halides is 3. The molecule has 1 saturated heterocycles. The second-order valence-electron chi connectivity index (χ2n) is 6.97. The molecule has 1 unspecified atom stereocenters. The number of anilines is 2. The molecule has 0 aromatic carbocycles. The first-order chi connectivity index (χ1) is 14.9. The molecule has 0 bridgehead atoms. The zero-order chi connectivity index (χ0) is 22.3. The van der Waals surface area contributed by atoms with Crippen LogP contribution in [0.25, 0.3) is 0 Å². The largest absolute Gasteiger partial charge is 0.419 e. The molecule has 2 aromatic heterocycles. The maximum atomic E-state index is 14.0. The zero-order valence-corrected chi connectivity index (χ0v) is 17.1. The fourth-order valence-electron chi connectivity index (χ4n) is 3.31. The number of guanidine groups is 1. The zero-order valence-electron chi connectivity index (χ0n) is 17.1. The fraction of sp³-hybridized carbons (Fsp3) is 0.450. The molecule has 1 fully saturated rings. The topological polar surface area (TPSA) is 77.5 Å². The molecular formula is C20H25F4N7. The van der Waals surface area contributed by atoms with E-state index in [2.05, 4.69) is 30.9 Å². The molecule has 3 rings (SSSR count). The smallest absolute Gasteiger partial charge is 0.368 e. The van der Waals surface area contributed by atoms with Gasteiger partial charge in [0.05, 0.1) is 12.1 Å². The molecule has 1 aliphatic heterocycles. The Labute approximate surface area is 178 Å². The van der Waals surface area contributed by atoms with Crippen molar-refractivity contribution < 1.29 is 17.6 Å². The van der Waals surface area contributed by atoms with Crippen molar-refractivity contribution in [2.75, 3.05) is 42.9 Å². The molecule has 3 heterocycles. The first-order valence-corrected chi connectivity index (χ1v) is 10.0. The summed E-state index contributed by atoms with van der Waals surface area (Å²) < 4.78 is 53.1. The van der Waals surface area contributed by atoms with Gasteiger partial charge < -0.3 is 20.9 Å². The van der Waals surface area contributed by atoms with Gasteiger partial charge in [0.2, 0.25) is 0 Å². The predicted octanol–water partition coefficient (Wildman–Crippen LogP) is 2.88. The van der Waals surface area contributed by atoms with E-state index >= 15 is 0 Å². The molecule has 1 atom stereocenters. The van der Waals surface area contributed by atoms with Crippen LogP contribution in [0.15, 0.2) is 41.7 Å². The van der Waals surface area contributed by atoms with Gasteiger partial charge in [-0.05, 0) is 37.6 Å². The molecule has 168 valence electrons. The lowest BCUT2D eigenvalue weighted by Crippen LogP contribution is -2.45. The second-order valence-corrected chi connectivity index (χ2v) is 6.97. The van der Waals surface area contributed by atoms with E-state index in [1.807, 2.05) is 11.8 Å². The van der Waals surface area contributed by atoms with Crippen molar-refractivity contribution in [3.63, 3.8) is 0 Å². The lowest BCUT2D eigenvalue weighted by molar-refractivity contribution is -0.137. The monoisotopic (exact) mass is 439 g/mol. The molecule has 7 nitrogen and oxygen atoms in total. The third-order valence-corrected chi connectivity index (χ3v) is 4.70. The standard InChI is InChI=1S/C20H25F4N7/c1-2-25-19(29-11-10-27-17-15(20(22,23)24)5-3-8-26-17)30-14-7-12-31(13-14)18-16(21)6-4-9-28-18/h3-6,8-9,14H,2,7,10-13H2,1H3,(H,26,27)(H2,25,29,30). The SMILES string of the molecule is CCNC(=NCCNc1ncccc1C(F)(F)F)NC1CCN(c2ncccc2F)C1. The quantitative estimate of drug-likeness (QED) is 0.267. The van der Waals surface area contributed by atoms with Crippen molar-refractivity contribution in [3.05, 3.63) is 48.0 Å². The average Bonchev–Trinajstić information content (AvgIpc) is 3.19. The number of hydrogen-bond donors (Lipinski definition) is 3. The van der Waals surface area contributed by atoms with Crippen molar-refractivity contribution >= 4 is 17.6 Å². The minimum absolute atomic E-state index is 0.0415. The van der Waals surface area contributed by atoms with Crippen LogP contribution in [0.4, 0.5) is 29.2 Å². The summed E-state index contributed by atoms with van der Waals surface area (Å²) in [5.74, 6) is 0.304. The van der Waals surface area contributed by atoms with Gasteiger partial charge in [-0.2, -0.15) is 13.2 Å². The van der Waals surface area contributed by atoms with Gasteiger partial charge in [-0.25, -0.2) is 14.4 Å². The second kappa shape index (κ2) is 10.3. The van der Waals surface area contributed by atoms with Gasteiger partial charge in [-0.1, -0.05) is 0 Å². The van der Waals surface area contributed by atoms with Crippen LogP contribution in [0.3, 0.4) is 0 Å². The number of halogens is 4. The summed E-state index contributed by atoms with van der Waals surface area (Å²) in [4.78, 5) is 14.2. The third-order valence-electron chi connectivity index (χ3n) is 4.70. The molecule has 0 aliphatic carbocycles. The fourth-order valence-corrected chi connectivity index (χ4v) is 3.31. The highest BCUT2D eigenvalue weighted by Crippen LogP contribution is 2.33. The molecule has 1 aliphatic rings. The van der Waals surface area contributed by atoms with Crippen LogP contribution in [0.2, 0.25) is 0 Å². The van der Waals surface area contributed by atoms with Gasteiger partial charge in [0, 0.05) is 44.6 Å². The van der Waals surface area contributed by atoms with Crippen LogP contribution in [0.5, 0.6) is 0 Å².